The van der Waals surface area contributed by atoms with E-state index in [-0.39, 0.29) is 13.0 Å². The molecule has 0 aliphatic rings. The summed E-state index contributed by atoms with van der Waals surface area (Å²) in [6.45, 7) is 2.42. The Labute approximate surface area is 135 Å². The maximum atomic E-state index is 11.6. The van der Waals surface area contributed by atoms with Crippen LogP contribution < -0.4 is 16.0 Å². The molecule has 7 nitrogen and oxygen atoms in total. The summed E-state index contributed by atoms with van der Waals surface area (Å²) >= 11 is 0. The lowest BCUT2D eigenvalue weighted by molar-refractivity contribution is -0.139. The fraction of sp³-hybridized carbons (Fsp3) is 0.438. The van der Waals surface area contributed by atoms with Crippen molar-refractivity contribution in [2.45, 2.75) is 38.8 Å². The molecule has 0 aromatic heterocycles. The fourth-order valence-corrected chi connectivity index (χ4v) is 1.97. The van der Waals surface area contributed by atoms with Crippen molar-refractivity contribution in [3.63, 3.8) is 0 Å². The summed E-state index contributed by atoms with van der Waals surface area (Å²) in [4.78, 5) is 34.1. The molecular formula is C16H23N3O4. The van der Waals surface area contributed by atoms with Crippen LogP contribution in [0.3, 0.4) is 0 Å². The van der Waals surface area contributed by atoms with Gasteiger partial charge in [0, 0.05) is 19.5 Å². The summed E-state index contributed by atoms with van der Waals surface area (Å²) in [5.41, 5.74) is 0.931. The van der Waals surface area contributed by atoms with Crippen LogP contribution in [-0.4, -0.2) is 35.6 Å². The summed E-state index contributed by atoms with van der Waals surface area (Å²) < 4.78 is 0. The van der Waals surface area contributed by atoms with Gasteiger partial charge < -0.3 is 15.7 Å². The van der Waals surface area contributed by atoms with E-state index >= 15 is 0 Å². The predicted octanol–water partition coefficient (Wildman–Crippen LogP) is 1.25. The van der Waals surface area contributed by atoms with Crippen LogP contribution in [0.4, 0.5) is 4.79 Å². The van der Waals surface area contributed by atoms with Gasteiger partial charge in [0.05, 0.1) is 0 Å². The molecular weight excluding hydrogens is 298 g/mol. The number of hydrogen-bond acceptors (Lipinski definition) is 4. The molecule has 1 atom stereocenters. The molecule has 1 unspecified atom stereocenters. The second kappa shape index (κ2) is 10.3. The first-order valence-corrected chi connectivity index (χ1v) is 7.60. The largest absolute Gasteiger partial charge is 0.480 e. The van der Waals surface area contributed by atoms with Gasteiger partial charge in [-0.1, -0.05) is 43.7 Å². The average Bonchev–Trinajstić information content (AvgIpc) is 2.53. The molecule has 0 fully saturated rings. The molecule has 1 aromatic rings. The molecule has 4 N–H and O–H groups in total. The zero-order valence-corrected chi connectivity index (χ0v) is 13.2. The molecule has 23 heavy (non-hydrogen) atoms. The van der Waals surface area contributed by atoms with Crippen molar-refractivity contribution in [3.8, 4) is 0 Å². The van der Waals surface area contributed by atoms with Crippen molar-refractivity contribution in [2.75, 3.05) is 6.54 Å². The Hall–Kier alpha value is -2.41. The molecule has 0 spiro atoms. The molecule has 0 saturated heterocycles. The first-order chi connectivity index (χ1) is 11.0. The van der Waals surface area contributed by atoms with Crippen molar-refractivity contribution < 1.29 is 19.5 Å². The van der Waals surface area contributed by atoms with Crippen molar-refractivity contribution in [2.24, 2.45) is 0 Å². The normalized spacial score (nSPS) is 11.5. The Morgan fingerprint density at radius 2 is 1.87 bits per heavy atom. The first-order valence-electron chi connectivity index (χ1n) is 7.60. The first kappa shape index (κ1) is 18.6. The van der Waals surface area contributed by atoms with E-state index in [2.05, 4.69) is 16.0 Å². The summed E-state index contributed by atoms with van der Waals surface area (Å²) in [7, 11) is 0. The standard InChI is InChI=1S/C16H23N3O4/c1-2-6-13(15(21)22)17-10-9-14(20)19-16(23)18-11-12-7-4-3-5-8-12/h3-5,7-8,13,17H,2,6,9-11H2,1H3,(H,21,22)(H2,18,19,20,23). The number of nitrogens with one attached hydrogen (secondary N) is 3. The third-order valence-corrected chi connectivity index (χ3v) is 3.17. The molecule has 7 heteroatoms. The zero-order valence-electron chi connectivity index (χ0n) is 13.2. The van der Waals surface area contributed by atoms with Crippen LogP contribution >= 0.6 is 0 Å². The van der Waals surface area contributed by atoms with Gasteiger partial charge in [-0.3, -0.25) is 14.9 Å². The summed E-state index contributed by atoms with van der Waals surface area (Å²) in [5, 5.41) is 16.5. The van der Waals surface area contributed by atoms with Gasteiger partial charge in [-0.25, -0.2) is 4.79 Å². The number of rotatable bonds is 9. The van der Waals surface area contributed by atoms with Crippen molar-refractivity contribution in [1.82, 2.24) is 16.0 Å². The molecule has 126 valence electrons. The molecule has 1 aromatic carbocycles. The highest BCUT2D eigenvalue weighted by Gasteiger charge is 2.15. The van der Waals surface area contributed by atoms with Crippen LogP contribution in [0.2, 0.25) is 0 Å². The minimum absolute atomic E-state index is 0.0340. The number of benzene rings is 1. The number of carbonyl (C=O) groups is 3. The van der Waals surface area contributed by atoms with Crippen LogP contribution in [0.1, 0.15) is 31.7 Å². The summed E-state index contributed by atoms with van der Waals surface area (Å²) in [6, 6.07) is 8.10. The van der Waals surface area contributed by atoms with E-state index in [0.717, 1.165) is 12.0 Å². The average molecular weight is 321 g/mol. The van der Waals surface area contributed by atoms with E-state index in [0.29, 0.717) is 13.0 Å². The Balaban J connectivity index is 2.22. The Morgan fingerprint density at radius 3 is 2.48 bits per heavy atom. The van der Waals surface area contributed by atoms with Crippen LogP contribution in [0.25, 0.3) is 0 Å². The number of aliphatic carboxylic acids is 1. The Morgan fingerprint density at radius 1 is 1.17 bits per heavy atom. The smallest absolute Gasteiger partial charge is 0.321 e. The molecule has 0 heterocycles. The van der Waals surface area contributed by atoms with Gasteiger partial charge in [-0.05, 0) is 12.0 Å². The molecule has 0 saturated carbocycles. The highest BCUT2D eigenvalue weighted by atomic mass is 16.4. The van der Waals surface area contributed by atoms with Gasteiger partial charge >= 0.3 is 12.0 Å². The number of urea groups is 1. The second-order valence-corrected chi connectivity index (χ2v) is 5.10. The monoisotopic (exact) mass is 321 g/mol. The number of amides is 3. The minimum Gasteiger partial charge on any atom is -0.480 e. The van der Waals surface area contributed by atoms with Gasteiger partial charge in [0.2, 0.25) is 5.91 Å². The van der Waals surface area contributed by atoms with Gasteiger partial charge in [0.1, 0.15) is 6.04 Å². The van der Waals surface area contributed by atoms with E-state index < -0.39 is 23.9 Å². The lowest BCUT2D eigenvalue weighted by Crippen LogP contribution is -2.42. The van der Waals surface area contributed by atoms with Crippen LogP contribution in [0, 0.1) is 0 Å². The van der Waals surface area contributed by atoms with Crippen LogP contribution in [0.5, 0.6) is 0 Å². The minimum atomic E-state index is -0.937. The van der Waals surface area contributed by atoms with Gasteiger partial charge in [0.25, 0.3) is 0 Å². The van der Waals surface area contributed by atoms with Gasteiger partial charge in [-0.2, -0.15) is 0 Å². The van der Waals surface area contributed by atoms with E-state index in [1.807, 2.05) is 37.3 Å². The lowest BCUT2D eigenvalue weighted by Gasteiger charge is -2.13. The zero-order chi connectivity index (χ0) is 17.1. The van der Waals surface area contributed by atoms with Crippen molar-refractivity contribution in [1.29, 1.82) is 0 Å². The topological polar surface area (TPSA) is 108 Å². The summed E-state index contributed by atoms with van der Waals surface area (Å²) in [6.07, 6.45) is 1.26. The lowest BCUT2D eigenvalue weighted by atomic mass is 10.1. The molecule has 0 radical (unpaired) electrons. The predicted molar refractivity (Wildman–Crippen MR) is 85.8 cm³/mol. The quantitative estimate of drug-likeness (QED) is 0.547. The Bertz CT molecular complexity index is 519. The maximum Gasteiger partial charge on any atom is 0.321 e. The molecule has 1 rings (SSSR count). The SMILES string of the molecule is CCCC(NCCC(=O)NC(=O)NCc1ccccc1)C(=O)O. The molecule has 0 aliphatic heterocycles. The van der Waals surface area contributed by atoms with Gasteiger partial charge in [0.15, 0.2) is 0 Å². The van der Waals surface area contributed by atoms with Crippen molar-refractivity contribution in [3.05, 3.63) is 35.9 Å². The number of carboxylic acids is 1. The van der Waals surface area contributed by atoms with E-state index in [1.165, 1.54) is 0 Å². The number of imide groups is 1. The van der Waals surface area contributed by atoms with Crippen LogP contribution in [0.15, 0.2) is 30.3 Å². The number of hydrogen-bond donors (Lipinski definition) is 4. The van der Waals surface area contributed by atoms with E-state index in [1.54, 1.807) is 0 Å². The van der Waals surface area contributed by atoms with Crippen molar-refractivity contribution >= 4 is 17.9 Å². The summed E-state index contributed by atoms with van der Waals surface area (Å²) in [5.74, 6) is -1.39. The van der Waals surface area contributed by atoms with E-state index in [4.69, 9.17) is 5.11 Å². The van der Waals surface area contributed by atoms with Gasteiger partial charge in [-0.15, -0.1) is 0 Å². The molecule has 3 amide bonds. The third-order valence-electron chi connectivity index (χ3n) is 3.17. The number of carboxylic acid groups (broad SMARTS) is 1. The Kier molecular flexibility index (Phi) is 8.38. The highest BCUT2D eigenvalue weighted by Crippen LogP contribution is 1.98. The molecule has 0 bridgehead atoms. The third kappa shape index (κ3) is 7.96. The highest BCUT2D eigenvalue weighted by molar-refractivity contribution is 5.94. The van der Waals surface area contributed by atoms with Crippen LogP contribution in [-0.2, 0) is 16.1 Å². The number of carbonyl (C=O) groups excluding carboxylic acids is 2. The fourth-order valence-electron chi connectivity index (χ4n) is 1.97. The van der Waals surface area contributed by atoms with E-state index in [9.17, 15) is 14.4 Å². The maximum absolute atomic E-state index is 11.6. The molecule has 0 aliphatic carbocycles. The second-order valence-electron chi connectivity index (χ2n) is 5.10.